The van der Waals surface area contributed by atoms with E-state index < -0.39 is 11.1 Å². The van der Waals surface area contributed by atoms with Crippen molar-refractivity contribution in [1.82, 2.24) is 4.98 Å². The van der Waals surface area contributed by atoms with E-state index in [0.29, 0.717) is 5.13 Å². The van der Waals surface area contributed by atoms with Crippen molar-refractivity contribution in [3.8, 4) is 0 Å². The standard InChI is InChI=1S/C7H4ClFO.C4H6N2S/c8-7(10)5-2-1-3-6(9)4-5;1-3-2-6-4(5)7-3/h1-4H;2H,1H3,(H2,5,6). The number of aryl methyl sites for hydroxylation is 1. The van der Waals surface area contributed by atoms with Crippen molar-refractivity contribution in [3.63, 3.8) is 0 Å². The summed E-state index contributed by atoms with van der Waals surface area (Å²) >= 11 is 6.58. The predicted molar refractivity (Wildman–Crippen MR) is 67.8 cm³/mol. The van der Waals surface area contributed by atoms with Gasteiger partial charge in [-0.15, -0.1) is 11.3 Å². The summed E-state index contributed by atoms with van der Waals surface area (Å²) < 4.78 is 12.3. The smallest absolute Gasteiger partial charge is 0.252 e. The fraction of sp³-hybridized carbons (Fsp3) is 0.0909. The SMILES string of the molecule is Cc1cnc(N)s1.O=C(Cl)c1cccc(F)c1. The molecule has 2 N–H and O–H groups in total. The number of carbonyl (C=O) groups excluding carboxylic acids is 1. The van der Waals surface area contributed by atoms with Crippen molar-refractivity contribution in [3.05, 3.63) is 46.7 Å². The minimum atomic E-state index is -0.639. The first-order valence-corrected chi connectivity index (χ1v) is 5.82. The van der Waals surface area contributed by atoms with Crippen molar-refractivity contribution < 1.29 is 9.18 Å². The van der Waals surface area contributed by atoms with Gasteiger partial charge in [-0.25, -0.2) is 9.37 Å². The van der Waals surface area contributed by atoms with E-state index in [-0.39, 0.29) is 5.56 Å². The molecule has 1 aromatic heterocycles. The number of halogens is 2. The van der Waals surface area contributed by atoms with E-state index in [1.54, 1.807) is 6.20 Å². The number of hydrogen-bond acceptors (Lipinski definition) is 4. The van der Waals surface area contributed by atoms with Gasteiger partial charge >= 0.3 is 0 Å². The topological polar surface area (TPSA) is 56.0 Å². The average Bonchev–Trinajstić information content (AvgIpc) is 2.63. The maximum atomic E-state index is 12.3. The van der Waals surface area contributed by atoms with E-state index in [4.69, 9.17) is 17.3 Å². The van der Waals surface area contributed by atoms with E-state index >= 15 is 0 Å². The van der Waals surface area contributed by atoms with Crippen LogP contribution >= 0.6 is 22.9 Å². The summed E-state index contributed by atoms with van der Waals surface area (Å²) in [5.41, 5.74) is 5.47. The number of carbonyl (C=O) groups is 1. The van der Waals surface area contributed by atoms with Gasteiger partial charge in [-0.3, -0.25) is 4.79 Å². The van der Waals surface area contributed by atoms with Crippen LogP contribution in [-0.4, -0.2) is 10.2 Å². The summed E-state index contributed by atoms with van der Waals surface area (Å²) in [6, 6.07) is 5.24. The van der Waals surface area contributed by atoms with Crippen LogP contribution in [0.15, 0.2) is 30.5 Å². The lowest BCUT2D eigenvalue weighted by Gasteiger charge is -1.90. The maximum Gasteiger partial charge on any atom is 0.252 e. The number of thiazole rings is 1. The highest BCUT2D eigenvalue weighted by atomic mass is 35.5. The summed E-state index contributed by atoms with van der Waals surface area (Å²) in [5.74, 6) is -0.452. The zero-order valence-corrected chi connectivity index (χ0v) is 10.6. The van der Waals surface area contributed by atoms with Crippen LogP contribution in [0.3, 0.4) is 0 Å². The van der Waals surface area contributed by atoms with Gasteiger partial charge in [0.2, 0.25) is 0 Å². The second-order valence-corrected chi connectivity index (χ2v) is 4.70. The van der Waals surface area contributed by atoms with Crippen molar-refractivity contribution in [1.29, 1.82) is 0 Å². The van der Waals surface area contributed by atoms with Crippen molar-refractivity contribution in [2.45, 2.75) is 6.92 Å². The maximum absolute atomic E-state index is 12.3. The molecule has 0 radical (unpaired) electrons. The van der Waals surface area contributed by atoms with Crippen LogP contribution in [0.4, 0.5) is 9.52 Å². The molecule has 0 amide bonds. The Balaban J connectivity index is 0.000000181. The van der Waals surface area contributed by atoms with Gasteiger partial charge in [0.1, 0.15) is 5.82 Å². The molecule has 0 saturated heterocycles. The molecule has 0 atom stereocenters. The summed E-state index contributed by atoms with van der Waals surface area (Å²) in [5, 5.41) is 0.0111. The minimum Gasteiger partial charge on any atom is -0.375 e. The average molecular weight is 273 g/mol. The second kappa shape index (κ2) is 6.32. The van der Waals surface area contributed by atoms with Gasteiger partial charge in [0.05, 0.1) is 0 Å². The Kier molecular flexibility index (Phi) is 5.06. The normalized spacial score (nSPS) is 9.35. The second-order valence-electron chi connectivity index (χ2n) is 3.09. The largest absolute Gasteiger partial charge is 0.375 e. The predicted octanol–water partition coefficient (Wildman–Crippen LogP) is 3.24. The van der Waals surface area contributed by atoms with E-state index in [1.165, 1.54) is 29.5 Å². The third-order valence-corrected chi connectivity index (χ3v) is 2.65. The van der Waals surface area contributed by atoms with Crippen molar-refractivity contribution in [2.24, 2.45) is 0 Å². The Morgan fingerprint density at radius 2 is 2.24 bits per heavy atom. The molecule has 17 heavy (non-hydrogen) atoms. The summed E-state index contributed by atoms with van der Waals surface area (Å²) in [6.45, 7) is 1.98. The first-order valence-electron chi connectivity index (χ1n) is 4.62. The molecule has 6 heteroatoms. The quantitative estimate of drug-likeness (QED) is 0.811. The minimum absolute atomic E-state index is 0.182. The summed E-state index contributed by atoms with van der Waals surface area (Å²) in [6.07, 6.45) is 1.76. The number of anilines is 1. The number of benzene rings is 1. The first kappa shape index (κ1) is 13.6. The van der Waals surface area contributed by atoms with Crippen LogP contribution in [0.1, 0.15) is 15.2 Å². The number of aromatic nitrogens is 1. The molecule has 0 fully saturated rings. The molecule has 0 aliphatic rings. The number of rotatable bonds is 1. The van der Waals surface area contributed by atoms with Gasteiger partial charge in [0, 0.05) is 16.6 Å². The molecule has 90 valence electrons. The van der Waals surface area contributed by atoms with Crippen LogP contribution in [0.25, 0.3) is 0 Å². The van der Waals surface area contributed by atoms with E-state index in [0.717, 1.165) is 10.9 Å². The number of nitrogens with two attached hydrogens (primary N) is 1. The lowest BCUT2D eigenvalue weighted by atomic mass is 10.2. The Hall–Kier alpha value is -1.46. The molecule has 1 aromatic carbocycles. The Morgan fingerprint density at radius 1 is 1.53 bits per heavy atom. The van der Waals surface area contributed by atoms with E-state index in [9.17, 15) is 9.18 Å². The van der Waals surface area contributed by atoms with Crippen LogP contribution in [0, 0.1) is 12.7 Å². The van der Waals surface area contributed by atoms with Crippen LogP contribution in [0.5, 0.6) is 0 Å². The molecule has 0 unspecified atom stereocenters. The Morgan fingerprint density at radius 3 is 2.53 bits per heavy atom. The Bertz CT molecular complexity index is 499. The fourth-order valence-electron chi connectivity index (χ4n) is 0.983. The zero-order chi connectivity index (χ0) is 12.8. The van der Waals surface area contributed by atoms with Gasteiger partial charge in [-0.05, 0) is 36.7 Å². The molecule has 2 rings (SSSR count). The molecule has 0 spiro atoms. The van der Waals surface area contributed by atoms with Crippen LogP contribution in [-0.2, 0) is 0 Å². The highest BCUT2D eigenvalue weighted by Gasteiger charge is 2.00. The lowest BCUT2D eigenvalue weighted by Crippen LogP contribution is -1.87. The third kappa shape index (κ3) is 4.93. The molecule has 2 aromatic rings. The van der Waals surface area contributed by atoms with Gasteiger partial charge in [0.25, 0.3) is 5.24 Å². The fourth-order valence-corrected chi connectivity index (χ4v) is 1.64. The summed E-state index contributed by atoms with van der Waals surface area (Å²) in [4.78, 5) is 15.4. The third-order valence-electron chi connectivity index (χ3n) is 1.69. The molecule has 0 aliphatic heterocycles. The molecule has 0 aliphatic carbocycles. The number of hydrogen-bond donors (Lipinski definition) is 1. The highest BCUT2D eigenvalue weighted by molar-refractivity contribution is 7.15. The van der Waals surface area contributed by atoms with Gasteiger partial charge in [-0.1, -0.05) is 6.07 Å². The van der Waals surface area contributed by atoms with Gasteiger partial charge < -0.3 is 5.73 Å². The lowest BCUT2D eigenvalue weighted by molar-refractivity contribution is 0.108. The molecular formula is C11H10ClFN2OS. The van der Waals surface area contributed by atoms with Crippen molar-refractivity contribution >= 4 is 33.3 Å². The molecule has 1 heterocycles. The molecular weight excluding hydrogens is 263 g/mol. The van der Waals surface area contributed by atoms with Crippen molar-refractivity contribution in [2.75, 3.05) is 5.73 Å². The van der Waals surface area contributed by atoms with E-state index in [2.05, 4.69) is 4.98 Å². The summed E-state index contributed by atoms with van der Waals surface area (Å²) in [7, 11) is 0. The van der Waals surface area contributed by atoms with Crippen LogP contribution < -0.4 is 5.73 Å². The van der Waals surface area contributed by atoms with E-state index in [1.807, 2.05) is 6.92 Å². The number of nitrogen functional groups attached to an aromatic ring is 1. The number of nitrogens with zero attached hydrogens (tertiary/aromatic N) is 1. The first-order chi connectivity index (χ1) is 7.99. The zero-order valence-electron chi connectivity index (χ0n) is 8.98. The molecule has 0 saturated carbocycles. The monoisotopic (exact) mass is 272 g/mol. The molecule has 0 bridgehead atoms. The van der Waals surface area contributed by atoms with Crippen LogP contribution in [0.2, 0.25) is 0 Å². The van der Waals surface area contributed by atoms with Gasteiger partial charge in [0.15, 0.2) is 5.13 Å². The highest BCUT2D eigenvalue weighted by Crippen LogP contribution is 2.11. The molecule has 3 nitrogen and oxygen atoms in total. The Labute approximate surface area is 107 Å². The van der Waals surface area contributed by atoms with Gasteiger partial charge in [-0.2, -0.15) is 0 Å².